The van der Waals surface area contributed by atoms with Gasteiger partial charge in [-0.05, 0) is 29.3 Å². The van der Waals surface area contributed by atoms with Crippen molar-refractivity contribution in [3.63, 3.8) is 0 Å². The molecule has 0 aromatic heterocycles. The Balaban J connectivity index is 1.56. The molecule has 0 spiro atoms. The lowest BCUT2D eigenvalue weighted by Gasteiger charge is -2.19. The van der Waals surface area contributed by atoms with E-state index in [-0.39, 0.29) is 5.91 Å². The van der Waals surface area contributed by atoms with Crippen molar-refractivity contribution in [2.45, 2.75) is 13.1 Å². The van der Waals surface area contributed by atoms with E-state index in [1.54, 1.807) is 19.2 Å². The summed E-state index contributed by atoms with van der Waals surface area (Å²) in [5, 5.41) is 2.96. The van der Waals surface area contributed by atoms with Gasteiger partial charge in [0.2, 0.25) is 0 Å². The second-order valence-corrected chi connectivity index (χ2v) is 7.04. The van der Waals surface area contributed by atoms with E-state index < -0.39 is 0 Å². The zero-order chi connectivity index (χ0) is 21.1. The zero-order valence-electron chi connectivity index (χ0n) is 17.3. The normalized spacial score (nSPS) is 12.3. The van der Waals surface area contributed by atoms with E-state index in [1.165, 1.54) is 25.3 Å². The van der Waals surface area contributed by atoms with E-state index in [0.717, 1.165) is 18.8 Å². The van der Waals surface area contributed by atoms with Gasteiger partial charge in [-0.15, -0.1) is 0 Å². The van der Waals surface area contributed by atoms with Gasteiger partial charge in [0.05, 0.1) is 26.9 Å². The summed E-state index contributed by atoms with van der Waals surface area (Å²) in [7, 11) is 4.59. The van der Waals surface area contributed by atoms with Gasteiger partial charge in [0.1, 0.15) is 5.75 Å². The first kappa shape index (κ1) is 19.6. The smallest absolute Gasteiger partial charge is 0.259 e. The SMILES string of the molecule is COc1cc(OC)c(C(=O)Nc2cccc(N3Cc4ccccc4C3)c2)cc1OC. The standard InChI is InChI=1S/C24H24N2O4/c1-28-21-13-23(30-3)22(29-2)12-20(21)24(27)25-18-9-6-10-19(11-18)26-14-16-7-4-5-8-17(16)15-26/h4-13H,14-15H2,1-3H3,(H,25,27). The summed E-state index contributed by atoms with van der Waals surface area (Å²) >= 11 is 0. The molecule has 0 fully saturated rings. The third kappa shape index (κ3) is 3.76. The molecule has 0 atom stereocenters. The minimum absolute atomic E-state index is 0.283. The highest BCUT2D eigenvalue weighted by atomic mass is 16.5. The van der Waals surface area contributed by atoms with Crippen molar-refractivity contribution >= 4 is 17.3 Å². The monoisotopic (exact) mass is 404 g/mol. The van der Waals surface area contributed by atoms with Gasteiger partial charge in [0.25, 0.3) is 5.91 Å². The highest BCUT2D eigenvalue weighted by Crippen LogP contribution is 2.35. The quantitative estimate of drug-likeness (QED) is 0.656. The molecule has 154 valence electrons. The zero-order valence-corrected chi connectivity index (χ0v) is 17.3. The second kappa shape index (κ2) is 8.37. The Bertz CT molecular complexity index is 1060. The number of carbonyl (C=O) groups excluding carboxylic acids is 1. The van der Waals surface area contributed by atoms with Crippen molar-refractivity contribution in [3.05, 3.63) is 77.4 Å². The summed E-state index contributed by atoms with van der Waals surface area (Å²) in [5.74, 6) is 1.10. The van der Waals surface area contributed by atoms with Crippen LogP contribution in [0.3, 0.4) is 0 Å². The fourth-order valence-electron chi connectivity index (χ4n) is 3.70. The highest BCUT2D eigenvalue weighted by Gasteiger charge is 2.20. The fraction of sp³-hybridized carbons (Fsp3) is 0.208. The Morgan fingerprint density at radius 3 is 2.07 bits per heavy atom. The third-order valence-electron chi connectivity index (χ3n) is 5.26. The summed E-state index contributed by atoms with van der Waals surface area (Å²) in [6.07, 6.45) is 0. The van der Waals surface area contributed by atoms with Crippen molar-refractivity contribution < 1.29 is 19.0 Å². The van der Waals surface area contributed by atoms with Gasteiger partial charge in [-0.25, -0.2) is 0 Å². The van der Waals surface area contributed by atoms with Gasteiger partial charge in [0, 0.05) is 36.6 Å². The van der Waals surface area contributed by atoms with Gasteiger partial charge >= 0.3 is 0 Å². The summed E-state index contributed by atoms with van der Waals surface area (Å²) in [4.78, 5) is 15.3. The lowest BCUT2D eigenvalue weighted by atomic mass is 10.1. The molecule has 0 bridgehead atoms. The molecule has 1 heterocycles. The number of hydrogen-bond acceptors (Lipinski definition) is 5. The topological polar surface area (TPSA) is 60.0 Å². The minimum atomic E-state index is -0.283. The number of carbonyl (C=O) groups is 1. The molecule has 1 N–H and O–H groups in total. The van der Waals surface area contributed by atoms with Crippen molar-refractivity contribution in [1.29, 1.82) is 0 Å². The molecule has 0 radical (unpaired) electrons. The molecule has 0 aliphatic carbocycles. The van der Waals surface area contributed by atoms with Gasteiger partial charge in [0.15, 0.2) is 11.5 Å². The molecule has 1 aliphatic heterocycles. The van der Waals surface area contributed by atoms with E-state index in [1.807, 2.05) is 18.2 Å². The second-order valence-electron chi connectivity index (χ2n) is 7.04. The number of rotatable bonds is 6. The molecule has 0 saturated heterocycles. The van der Waals surface area contributed by atoms with Crippen LogP contribution in [0.15, 0.2) is 60.7 Å². The first-order valence-corrected chi connectivity index (χ1v) is 9.66. The Labute approximate surface area is 176 Å². The molecule has 1 amide bonds. The van der Waals surface area contributed by atoms with Crippen LogP contribution in [-0.2, 0) is 13.1 Å². The number of amides is 1. The minimum Gasteiger partial charge on any atom is -0.496 e. The van der Waals surface area contributed by atoms with E-state index in [2.05, 4.69) is 40.5 Å². The molecule has 6 nitrogen and oxygen atoms in total. The van der Waals surface area contributed by atoms with Crippen molar-refractivity contribution in [3.8, 4) is 17.2 Å². The molecule has 30 heavy (non-hydrogen) atoms. The van der Waals surface area contributed by atoms with Gasteiger partial charge in [-0.3, -0.25) is 4.79 Å². The number of nitrogens with one attached hydrogen (secondary N) is 1. The maximum atomic E-state index is 13.0. The number of nitrogens with zero attached hydrogens (tertiary/aromatic N) is 1. The maximum absolute atomic E-state index is 13.0. The molecule has 1 aliphatic rings. The Morgan fingerprint density at radius 1 is 0.800 bits per heavy atom. The van der Waals surface area contributed by atoms with Crippen LogP contribution < -0.4 is 24.4 Å². The molecule has 0 saturated carbocycles. The van der Waals surface area contributed by atoms with E-state index in [4.69, 9.17) is 14.2 Å². The van der Waals surface area contributed by atoms with Crippen molar-refractivity contribution in [2.24, 2.45) is 0 Å². The maximum Gasteiger partial charge on any atom is 0.259 e. The largest absolute Gasteiger partial charge is 0.496 e. The van der Waals surface area contributed by atoms with E-state index in [0.29, 0.717) is 28.5 Å². The third-order valence-corrected chi connectivity index (χ3v) is 5.26. The first-order chi connectivity index (χ1) is 14.6. The predicted molar refractivity (Wildman–Crippen MR) is 117 cm³/mol. The Hall–Kier alpha value is -3.67. The molecule has 3 aromatic carbocycles. The predicted octanol–water partition coefficient (Wildman–Crippen LogP) is 4.48. The summed E-state index contributed by atoms with van der Waals surface area (Å²) in [5.41, 5.74) is 4.81. The van der Waals surface area contributed by atoms with E-state index in [9.17, 15) is 4.79 Å². The average Bonchev–Trinajstić information content (AvgIpc) is 3.22. The van der Waals surface area contributed by atoms with Crippen LogP contribution in [0.25, 0.3) is 0 Å². The van der Waals surface area contributed by atoms with Crippen LogP contribution >= 0.6 is 0 Å². The van der Waals surface area contributed by atoms with Crippen LogP contribution in [-0.4, -0.2) is 27.2 Å². The van der Waals surface area contributed by atoms with Gasteiger partial charge in [-0.1, -0.05) is 30.3 Å². The number of hydrogen-bond donors (Lipinski definition) is 1. The molecule has 6 heteroatoms. The highest BCUT2D eigenvalue weighted by molar-refractivity contribution is 6.07. The van der Waals surface area contributed by atoms with Crippen LogP contribution in [0, 0.1) is 0 Å². The number of methoxy groups -OCH3 is 3. The Kier molecular flexibility index (Phi) is 5.48. The summed E-state index contributed by atoms with van der Waals surface area (Å²) in [6.45, 7) is 1.72. The summed E-state index contributed by atoms with van der Waals surface area (Å²) < 4.78 is 16.0. The van der Waals surface area contributed by atoms with Gasteiger partial charge < -0.3 is 24.4 Å². The van der Waals surface area contributed by atoms with Crippen LogP contribution in [0.2, 0.25) is 0 Å². The van der Waals surface area contributed by atoms with E-state index >= 15 is 0 Å². The molecular formula is C24H24N2O4. The van der Waals surface area contributed by atoms with Crippen molar-refractivity contribution in [2.75, 3.05) is 31.5 Å². The number of benzene rings is 3. The summed E-state index contributed by atoms with van der Waals surface area (Å²) in [6, 6.07) is 19.6. The van der Waals surface area contributed by atoms with Gasteiger partial charge in [-0.2, -0.15) is 0 Å². The van der Waals surface area contributed by atoms with Crippen molar-refractivity contribution in [1.82, 2.24) is 0 Å². The lowest BCUT2D eigenvalue weighted by molar-refractivity contribution is 0.102. The van der Waals surface area contributed by atoms with Crippen LogP contribution in [0.1, 0.15) is 21.5 Å². The lowest BCUT2D eigenvalue weighted by Crippen LogP contribution is -2.16. The number of fused-ring (bicyclic) bond motifs is 1. The fourth-order valence-corrected chi connectivity index (χ4v) is 3.70. The molecule has 3 aromatic rings. The molecule has 0 unspecified atom stereocenters. The molecular weight excluding hydrogens is 380 g/mol. The number of anilines is 2. The number of ether oxygens (including phenoxy) is 3. The Morgan fingerprint density at radius 2 is 1.43 bits per heavy atom. The molecule has 4 rings (SSSR count). The average molecular weight is 404 g/mol. The van der Waals surface area contributed by atoms with Crippen LogP contribution in [0.4, 0.5) is 11.4 Å². The van der Waals surface area contributed by atoms with Crippen LogP contribution in [0.5, 0.6) is 17.2 Å². The first-order valence-electron chi connectivity index (χ1n) is 9.66.